The number of nitrogens with zero attached hydrogens (tertiary/aromatic N) is 3. The molecule has 2 amide bonds. The van der Waals surface area contributed by atoms with Crippen LogP contribution in [0.15, 0.2) is 30.3 Å². The van der Waals surface area contributed by atoms with Crippen LogP contribution in [0.1, 0.15) is 32.1 Å². The number of hydrogen-bond acceptors (Lipinski definition) is 5. The smallest absolute Gasteiger partial charge is 0.256 e. The molecule has 7 nitrogen and oxygen atoms in total. The molecule has 2 aromatic rings. The van der Waals surface area contributed by atoms with Gasteiger partial charge in [-0.3, -0.25) is 14.6 Å². The van der Waals surface area contributed by atoms with E-state index in [0.717, 1.165) is 31.7 Å². The molecule has 2 aliphatic rings. The molecule has 0 bridgehead atoms. The van der Waals surface area contributed by atoms with E-state index in [2.05, 4.69) is 15.6 Å². The summed E-state index contributed by atoms with van der Waals surface area (Å²) in [5.74, 6) is -0.0931. The summed E-state index contributed by atoms with van der Waals surface area (Å²) in [6.45, 7) is 9.46. The highest BCUT2D eigenvalue weighted by Crippen LogP contribution is 2.33. The van der Waals surface area contributed by atoms with Crippen molar-refractivity contribution in [1.29, 1.82) is 0 Å². The van der Waals surface area contributed by atoms with Gasteiger partial charge in [0.05, 0.1) is 22.5 Å². The topological polar surface area (TPSA) is 77.6 Å². The van der Waals surface area contributed by atoms with Crippen molar-refractivity contribution in [2.24, 2.45) is 0 Å². The number of aromatic nitrogens is 1. The van der Waals surface area contributed by atoms with Crippen LogP contribution in [0.2, 0.25) is 0 Å². The molecule has 2 aliphatic heterocycles. The zero-order chi connectivity index (χ0) is 21.1. The lowest BCUT2D eigenvalue weighted by atomic mass is 9.91. The predicted octanol–water partition coefficient (Wildman–Crippen LogP) is 1.46. The van der Waals surface area contributed by atoms with E-state index in [-0.39, 0.29) is 11.8 Å². The Morgan fingerprint density at radius 1 is 0.767 bits per heavy atom. The minimum Gasteiger partial charge on any atom is -0.336 e. The molecule has 0 atom stereocenters. The van der Waals surface area contributed by atoms with Crippen LogP contribution in [-0.2, 0) is 0 Å². The molecule has 0 aliphatic carbocycles. The predicted molar refractivity (Wildman–Crippen MR) is 117 cm³/mol. The van der Waals surface area contributed by atoms with Crippen LogP contribution in [0.4, 0.5) is 0 Å². The Morgan fingerprint density at radius 3 is 1.63 bits per heavy atom. The van der Waals surface area contributed by atoms with E-state index < -0.39 is 0 Å². The lowest BCUT2D eigenvalue weighted by molar-refractivity contribution is 0.0733. The molecule has 158 valence electrons. The highest BCUT2D eigenvalue weighted by Gasteiger charge is 2.31. The number of pyridine rings is 1. The van der Waals surface area contributed by atoms with E-state index >= 15 is 0 Å². The zero-order valence-electron chi connectivity index (χ0n) is 17.7. The lowest BCUT2D eigenvalue weighted by Gasteiger charge is -2.31. The SMILES string of the molecule is Cc1nc(C)c(C(=O)N2CCNCC2)c(-c2ccccc2)c1C(=O)N1CCNCC1. The van der Waals surface area contributed by atoms with Gasteiger partial charge in [0, 0.05) is 57.9 Å². The number of aryl methyl sites for hydroxylation is 2. The van der Waals surface area contributed by atoms with Crippen molar-refractivity contribution in [2.75, 3.05) is 52.4 Å². The van der Waals surface area contributed by atoms with Crippen molar-refractivity contribution in [2.45, 2.75) is 13.8 Å². The second-order valence-electron chi connectivity index (χ2n) is 7.86. The van der Waals surface area contributed by atoms with Crippen LogP contribution < -0.4 is 10.6 Å². The molecule has 0 unspecified atom stereocenters. The van der Waals surface area contributed by atoms with E-state index in [0.29, 0.717) is 54.3 Å². The van der Waals surface area contributed by atoms with Crippen molar-refractivity contribution >= 4 is 11.8 Å². The first-order valence-electron chi connectivity index (χ1n) is 10.6. The molecule has 2 fully saturated rings. The number of carbonyl (C=O) groups excluding carboxylic acids is 2. The Hall–Kier alpha value is -2.77. The van der Waals surface area contributed by atoms with Gasteiger partial charge in [0.1, 0.15) is 0 Å². The van der Waals surface area contributed by atoms with Crippen LogP contribution in [-0.4, -0.2) is 79.0 Å². The Balaban J connectivity index is 1.88. The minimum absolute atomic E-state index is 0.0466. The monoisotopic (exact) mass is 407 g/mol. The third-order valence-electron chi connectivity index (χ3n) is 5.86. The summed E-state index contributed by atoms with van der Waals surface area (Å²) in [6, 6.07) is 9.77. The summed E-state index contributed by atoms with van der Waals surface area (Å²) in [5, 5.41) is 6.57. The Morgan fingerprint density at radius 2 is 1.20 bits per heavy atom. The molecule has 1 aromatic heterocycles. The fourth-order valence-electron chi connectivity index (χ4n) is 4.32. The van der Waals surface area contributed by atoms with Gasteiger partial charge in [0.2, 0.25) is 0 Å². The normalized spacial score (nSPS) is 17.1. The number of amides is 2. The molecule has 2 saturated heterocycles. The van der Waals surface area contributed by atoms with Gasteiger partial charge in [-0.15, -0.1) is 0 Å². The van der Waals surface area contributed by atoms with Gasteiger partial charge in [0.25, 0.3) is 11.8 Å². The Kier molecular flexibility index (Phi) is 6.11. The van der Waals surface area contributed by atoms with Gasteiger partial charge in [-0.2, -0.15) is 0 Å². The number of rotatable bonds is 3. The molecule has 7 heteroatoms. The fraction of sp³-hybridized carbons (Fsp3) is 0.435. The molecule has 4 rings (SSSR count). The van der Waals surface area contributed by atoms with Crippen LogP contribution in [0.25, 0.3) is 11.1 Å². The molecule has 30 heavy (non-hydrogen) atoms. The number of piperazine rings is 2. The first-order chi connectivity index (χ1) is 14.6. The van der Waals surface area contributed by atoms with Gasteiger partial charge >= 0.3 is 0 Å². The highest BCUT2D eigenvalue weighted by molar-refractivity contribution is 6.10. The van der Waals surface area contributed by atoms with Gasteiger partial charge in [-0.25, -0.2) is 0 Å². The van der Waals surface area contributed by atoms with Gasteiger partial charge < -0.3 is 20.4 Å². The molecule has 0 radical (unpaired) electrons. The quantitative estimate of drug-likeness (QED) is 0.806. The van der Waals surface area contributed by atoms with E-state index in [9.17, 15) is 9.59 Å². The van der Waals surface area contributed by atoms with Gasteiger partial charge in [0.15, 0.2) is 0 Å². The lowest BCUT2D eigenvalue weighted by Crippen LogP contribution is -2.47. The molecule has 3 heterocycles. The van der Waals surface area contributed by atoms with Crippen molar-refractivity contribution < 1.29 is 9.59 Å². The summed E-state index contributed by atoms with van der Waals surface area (Å²) in [7, 11) is 0. The second-order valence-corrected chi connectivity index (χ2v) is 7.86. The molecule has 2 N–H and O–H groups in total. The van der Waals surface area contributed by atoms with Gasteiger partial charge in [-0.05, 0) is 19.4 Å². The summed E-state index contributed by atoms with van der Waals surface area (Å²) >= 11 is 0. The molecule has 0 saturated carbocycles. The average molecular weight is 408 g/mol. The zero-order valence-corrected chi connectivity index (χ0v) is 17.7. The number of carbonyl (C=O) groups is 2. The maximum absolute atomic E-state index is 13.6. The Labute approximate surface area is 177 Å². The van der Waals surface area contributed by atoms with Crippen LogP contribution in [0.5, 0.6) is 0 Å². The molecular formula is C23H29N5O2. The summed E-state index contributed by atoms with van der Waals surface area (Å²) < 4.78 is 0. The largest absolute Gasteiger partial charge is 0.336 e. The maximum atomic E-state index is 13.6. The fourth-order valence-corrected chi connectivity index (χ4v) is 4.32. The minimum atomic E-state index is -0.0466. The molecular weight excluding hydrogens is 378 g/mol. The van der Waals surface area contributed by atoms with E-state index in [1.807, 2.05) is 54.0 Å². The molecule has 0 spiro atoms. The van der Waals surface area contributed by atoms with Crippen molar-refractivity contribution in [3.05, 3.63) is 52.8 Å². The van der Waals surface area contributed by atoms with Crippen molar-refractivity contribution in [3.63, 3.8) is 0 Å². The standard InChI is InChI=1S/C23H29N5O2/c1-16-19(22(29)27-12-8-24-9-13-27)21(18-6-4-3-5-7-18)20(17(2)26-16)23(30)28-14-10-25-11-15-28/h3-7,24-25H,8-15H2,1-2H3. The maximum Gasteiger partial charge on any atom is 0.256 e. The average Bonchev–Trinajstić information content (AvgIpc) is 2.79. The van der Waals surface area contributed by atoms with Crippen molar-refractivity contribution in [3.8, 4) is 11.1 Å². The van der Waals surface area contributed by atoms with Crippen molar-refractivity contribution in [1.82, 2.24) is 25.4 Å². The number of benzene rings is 1. The van der Waals surface area contributed by atoms with E-state index in [1.165, 1.54) is 0 Å². The summed E-state index contributed by atoms with van der Waals surface area (Å²) in [5.41, 5.74) is 4.04. The summed E-state index contributed by atoms with van der Waals surface area (Å²) in [4.78, 5) is 35.6. The Bertz CT molecular complexity index is 878. The van der Waals surface area contributed by atoms with Crippen LogP contribution in [0, 0.1) is 13.8 Å². The van der Waals surface area contributed by atoms with Crippen LogP contribution in [0.3, 0.4) is 0 Å². The molecule has 1 aromatic carbocycles. The number of hydrogen-bond donors (Lipinski definition) is 2. The first-order valence-corrected chi connectivity index (χ1v) is 10.6. The highest BCUT2D eigenvalue weighted by atomic mass is 16.2. The number of nitrogens with one attached hydrogen (secondary N) is 2. The second kappa shape index (κ2) is 8.93. The third-order valence-corrected chi connectivity index (χ3v) is 5.86. The van der Waals surface area contributed by atoms with Gasteiger partial charge in [-0.1, -0.05) is 30.3 Å². The van der Waals surface area contributed by atoms with E-state index in [1.54, 1.807) is 0 Å². The summed E-state index contributed by atoms with van der Waals surface area (Å²) in [6.07, 6.45) is 0. The first kappa shape index (κ1) is 20.5. The third kappa shape index (κ3) is 3.95. The van der Waals surface area contributed by atoms with Crippen LogP contribution >= 0.6 is 0 Å². The van der Waals surface area contributed by atoms with E-state index in [4.69, 9.17) is 0 Å².